The topological polar surface area (TPSA) is 78.4 Å². The molecule has 0 aliphatic heterocycles. The summed E-state index contributed by atoms with van der Waals surface area (Å²) in [6.07, 6.45) is 0. The molecule has 0 spiro atoms. The summed E-state index contributed by atoms with van der Waals surface area (Å²) in [5.74, 6) is -2.55. The van der Waals surface area contributed by atoms with Crippen molar-refractivity contribution in [3.8, 4) is 0 Å². The third-order valence-electron chi connectivity index (χ3n) is 2.25. The Labute approximate surface area is 104 Å². The highest BCUT2D eigenvalue weighted by Gasteiger charge is 2.15. The molecule has 0 saturated carbocycles. The number of aliphatic hydroxyl groups is 1. The maximum atomic E-state index is 13.2. The van der Waals surface area contributed by atoms with E-state index in [2.05, 4.69) is 10.6 Å². The average Bonchev–Trinajstić information content (AvgIpc) is 2.38. The second kappa shape index (κ2) is 6.70. The van der Waals surface area contributed by atoms with Crippen molar-refractivity contribution in [2.24, 2.45) is 5.92 Å². The van der Waals surface area contributed by atoms with Crippen molar-refractivity contribution < 1.29 is 19.1 Å². The minimum atomic E-state index is -0.940. The number of carbonyl (C=O) groups excluding carboxylic acids is 2. The first-order chi connectivity index (χ1) is 8.54. The molecule has 0 aliphatic rings. The van der Waals surface area contributed by atoms with Crippen molar-refractivity contribution in [1.82, 2.24) is 5.32 Å². The Balaban J connectivity index is 2.50. The molecule has 0 bridgehead atoms. The van der Waals surface area contributed by atoms with E-state index in [1.807, 2.05) is 0 Å². The number of anilines is 1. The molecule has 98 valence electrons. The van der Waals surface area contributed by atoms with E-state index in [9.17, 15) is 14.0 Å². The molecular formula is C12H15FN2O3. The van der Waals surface area contributed by atoms with Gasteiger partial charge in [0.05, 0.1) is 5.69 Å². The fourth-order valence-electron chi connectivity index (χ4n) is 1.15. The molecule has 6 heteroatoms. The molecule has 3 N–H and O–H groups in total. The van der Waals surface area contributed by atoms with Gasteiger partial charge in [-0.05, 0) is 18.1 Å². The van der Waals surface area contributed by atoms with Crippen molar-refractivity contribution in [1.29, 1.82) is 0 Å². The van der Waals surface area contributed by atoms with E-state index in [-0.39, 0.29) is 24.8 Å². The van der Waals surface area contributed by atoms with Crippen LogP contribution in [0.2, 0.25) is 0 Å². The zero-order valence-electron chi connectivity index (χ0n) is 9.94. The number of rotatable bonds is 4. The Morgan fingerprint density at radius 2 is 2.00 bits per heavy atom. The summed E-state index contributed by atoms with van der Waals surface area (Å²) >= 11 is 0. The highest BCUT2D eigenvalue weighted by Crippen LogP contribution is 2.11. The second-order valence-electron chi connectivity index (χ2n) is 3.93. The third-order valence-corrected chi connectivity index (χ3v) is 2.25. The van der Waals surface area contributed by atoms with E-state index in [0.717, 1.165) is 0 Å². The van der Waals surface area contributed by atoms with Crippen LogP contribution in [0.1, 0.15) is 6.92 Å². The van der Waals surface area contributed by atoms with E-state index >= 15 is 0 Å². The van der Waals surface area contributed by atoms with E-state index < -0.39 is 17.6 Å². The molecule has 2 amide bonds. The standard InChI is InChI=1S/C12H15FN2O3/c1-8(7-16)6-14-11(17)12(18)15-10-5-3-2-4-9(10)13/h2-5,8,16H,6-7H2,1H3,(H,14,17)(H,15,18). The quantitative estimate of drug-likeness (QED) is 0.685. The fraction of sp³-hybridized carbons (Fsp3) is 0.333. The van der Waals surface area contributed by atoms with Crippen LogP contribution < -0.4 is 10.6 Å². The van der Waals surface area contributed by atoms with Crippen LogP contribution in [0.5, 0.6) is 0 Å². The Kier molecular flexibility index (Phi) is 5.26. The molecule has 0 aliphatic carbocycles. The Bertz CT molecular complexity index is 437. The van der Waals surface area contributed by atoms with Crippen LogP contribution in [0.4, 0.5) is 10.1 Å². The van der Waals surface area contributed by atoms with Crippen LogP contribution in [0.15, 0.2) is 24.3 Å². The molecule has 1 aromatic rings. The predicted molar refractivity (Wildman–Crippen MR) is 64.3 cm³/mol. The lowest BCUT2D eigenvalue weighted by molar-refractivity contribution is -0.136. The van der Waals surface area contributed by atoms with Crippen molar-refractivity contribution in [3.63, 3.8) is 0 Å². The molecule has 1 unspecified atom stereocenters. The molecule has 5 nitrogen and oxygen atoms in total. The number of hydrogen-bond donors (Lipinski definition) is 3. The maximum absolute atomic E-state index is 13.2. The largest absolute Gasteiger partial charge is 0.396 e. The summed E-state index contributed by atoms with van der Waals surface area (Å²) in [6, 6.07) is 5.57. The molecule has 1 aromatic carbocycles. The number of nitrogens with one attached hydrogen (secondary N) is 2. The number of aliphatic hydroxyl groups excluding tert-OH is 1. The summed E-state index contributed by atoms with van der Waals surface area (Å²) in [5, 5.41) is 13.3. The molecule has 18 heavy (non-hydrogen) atoms. The summed E-state index contributed by atoms with van der Waals surface area (Å²) < 4.78 is 13.2. The number of carbonyl (C=O) groups is 2. The van der Waals surface area contributed by atoms with Gasteiger partial charge in [0, 0.05) is 13.2 Å². The summed E-state index contributed by atoms with van der Waals surface area (Å²) in [5.41, 5.74) is -0.0483. The summed E-state index contributed by atoms with van der Waals surface area (Å²) in [6.45, 7) is 1.81. The molecule has 0 heterocycles. The van der Waals surface area contributed by atoms with Gasteiger partial charge in [0.2, 0.25) is 0 Å². The third kappa shape index (κ3) is 4.14. The number of halogens is 1. The van der Waals surface area contributed by atoms with Crippen LogP contribution in [0, 0.1) is 11.7 Å². The minimum absolute atomic E-state index is 0.0483. The van der Waals surface area contributed by atoms with Crippen LogP contribution in [0.25, 0.3) is 0 Å². The van der Waals surface area contributed by atoms with Crippen LogP contribution in [0.3, 0.4) is 0 Å². The fourth-order valence-corrected chi connectivity index (χ4v) is 1.15. The number of para-hydroxylation sites is 1. The van der Waals surface area contributed by atoms with Gasteiger partial charge in [0.1, 0.15) is 5.82 Å². The SMILES string of the molecule is CC(CO)CNC(=O)C(=O)Nc1ccccc1F. The van der Waals surface area contributed by atoms with E-state index in [1.165, 1.54) is 18.2 Å². The van der Waals surface area contributed by atoms with Crippen LogP contribution >= 0.6 is 0 Å². The van der Waals surface area contributed by atoms with Gasteiger partial charge in [-0.3, -0.25) is 9.59 Å². The summed E-state index contributed by atoms with van der Waals surface area (Å²) in [7, 11) is 0. The molecule has 0 aromatic heterocycles. The average molecular weight is 254 g/mol. The molecule has 1 rings (SSSR count). The Hall–Kier alpha value is -1.95. The first-order valence-corrected chi connectivity index (χ1v) is 5.49. The van der Waals surface area contributed by atoms with Crippen molar-refractivity contribution >= 4 is 17.5 Å². The maximum Gasteiger partial charge on any atom is 0.313 e. The van der Waals surface area contributed by atoms with Crippen molar-refractivity contribution in [3.05, 3.63) is 30.1 Å². The van der Waals surface area contributed by atoms with E-state index in [1.54, 1.807) is 13.0 Å². The lowest BCUT2D eigenvalue weighted by Crippen LogP contribution is -2.38. The molecule has 0 fully saturated rings. The van der Waals surface area contributed by atoms with E-state index in [0.29, 0.717) is 0 Å². The van der Waals surface area contributed by atoms with Crippen molar-refractivity contribution in [2.75, 3.05) is 18.5 Å². The molecule has 1 atom stereocenters. The zero-order valence-corrected chi connectivity index (χ0v) is 9.94. The first kappa shape index (κ1) is 14.1. The molecule has 0 radical (unpaired) electrons. The van der Waals surface area contributed by atoms with Gasteiger partial charge >= 0.3 is 11.8 Å². The van der Waals surface area contributed by atoms with E-state index in [4.69, 9.17) is 5.11 Å². The number of hydrogen-bond acceptors (Lipinski definition) is 3. The van der Waals surface area contributed by atoms with Gasteiger partial charge in [0.25, 0.3) is 0 Å². The van der Waals surface area contributed by atoms with Gasteiger partial charge in [-0.1, -0.05) is 19.1 Å². The van der Waals surface area contributed by atoms with Gasteiger partial charge < -0.3 is 15.7 Å². The lowest BCUT2D eigenvalue weighted by Gasteiger charge is -2.10. The number of amides is 2. The van der Waals surface area contributed by atoms with Gasteiger partial charge in [-0.15, -0.1) is 0 Å². The normalized spacial score (nSPS) is 11.7. The highest BCUT2D eigenvalue weighted by atomic mass is 19.1. The van der Waals surface area contributed by atoms with Gasteiger partial charge in [0.15, 0.2) is 0 Å². The summed E-state index contributed by atoms with van der Waals surface area (Å²) in [4.78, 5) is 22.8. The first-order valence-electron chi connectivity index (χ1n) is 5.49. The Morgan fingerprint density at radius 1 is 1.33 bits per heavy atom. The Morgan fingerprint density at radius 3 is 2.61 bits per heavy atom. The predicted octanol–water partition coefficient (Wildman–Crippen LogP) is 0.509. The highest BCUT2D eigenvalue weighted by molar-refractivity contribution is 6.39. The molecule has 0 saturated heterocycles. The minimum Gasteiger partial charge on any atom is -0.396 e. The molecular weight excluding hydrogens is 239 g/mol. The smallest absolute Gasteiger partial charge is 0.313 e. The van der Waals surface area contributed by atoms with Gasteiger partial charge in [-0.2, -0.15) is 0 Å². The van der Waals surface area contributed by atoms with Gasteiger partial charge in [-0.25, -0.2) is 4.39 Å². The monoisotopic (exact) mass is 254 g/mol. The van der Waals surface area contributed by atoms with Crippen LogP contribution in [-0.2, 0) is 9.59 Å². The number of benzene rings is 1. The van der Waals surface area contributed by atoms with Crippen LogP contribution in [-0.4, -0.2) is 30.1 Å². The zero-order chi connectivity index (χ0) is 13.5. The second-order valence-corrected chi connectivity index (χ2v) is 3.93. The van der Waals surface area contributed by atoms with Crippen molar-refractivity contribution in [2.45, 2.75) is 6.92 Å². The lowest BCUT2D eigenvalue weighted by atomic mass is 10.2.